The summed E-state index contributed by atoms with van der Waals surface area (Å²) in [6.07, 6.45) is 1.50. The van der Waals surface area contributed by atoms with Crippen LogP contribution in [0.15, 0.2) is 18.2 Å². The third-order valence-corrected chi connectivity index (χ3v) is 3.37. The zero-order valence-corrected chi connectivity index (χ0v) is 11.9. The van der Waals surface area contributed by atoms with Crippen molar-refractivity contribution in [1.82, 2.24) is 5.32 Å². The fraction of sp³-hybridized carbons (Fsp3) is 0.533. The molecule has 2 rings (SSSR count). The minimum atomic E-state index is -0.704. The van der Waals surface area contributed by atoms with E-state index in [2.05, 4.69) is 5.32 Å². The number of halogens is 2. The predicted octanol–water partition coefficient (Wildman–Crippen LogP) is 2.42. The molecular weight excluding hydrogens is 280 g/mol. The zero-order chi connectivity index (χ0) is 15.2. The summed E-state index contributed by atoms with van der Waals surface area (Å²) in [6.45, 7) is 2.73. The van der Waals surface area contributed by atoms with Crippen molar-refractivity contribution < 1.29 is 23.0 Å². The normalized spacial score (nSPS) is 21.3. The highest BCUT2D eigenvalue weighted by atomic mass is 19.1. The lowest BCUT2D eigenvalue weighted by Gasteiger charge is -2.13. The van der Waals surface area contributed by atoms with Gasteiger partial charge in [-0.1, -0.05) is 0 Å². The fourth-order valence-electron chi connectivity index (χ4n) is 2.37. The van der Waals surface area contributed by atoms with Crippen molar-refractivity contribution in [2.24, 2.45) is 0 Å². The number of hydrogen-bond donors (Lipinski definition) is 1. The summed E-state index contributed by atoms with van der Waals surface area (Å²) in [5.41, 5.74) is 0. The average Bonchev–Trinajstić information content (AvgIpc) is 2.88. The first-order valence-electron chi connectivity index (χ1n) is 7.09. The number of rotatable bonds is 6. The number of esters is 1. The van der Waals surface area contributed by atoms with Gasteiger partial charge in [0.05, 0.1) is 6.61 Å². The summed E-state index contributed by atoms with van der Waals surface area (Å²) in [5, 5.41) is 3.23. The molecule has 4 nitrogen and oxygen atoms in total. The van der Waals surface area contributed by atoms with E-state index in [0.717, 1.165) is 6.07 Å². The largest absolute Gasteiger partial charge is 0.486 e. The number of nitrogens with one attached hydrogen (secondary N) is 1. The molecule has 0 bridgehead atoms. The Morgan fingerprint density at radius 2 is 2.24 bits per heavy atom. The van der Waals surface area contributed by atoms with Gasteiger partial charge in [-0.15, -0.1) is 0 Å². The van der Waals surface area contributed by atoms with Gasteiger partial charge in [-0.2, -0.15) is 0 Å². The molecule has 21 heavy (non-hydrogen) atoms. The molecule has 0 spiro atoms. The van der Waals surface area contributed by atoms with E-state index in [1.54, 1.807) is 6.92 Å². The lowest BCUT2D eigenvalue weighted by atomic mass is 10.1. The molecule has 1 saturated heterocycles. The van der Waals surface area contributed by atoms with Crippen LogP contribution in [-0.2, 0) is 9.53 Å². The number of carbonyl (C=O) groups excluding carboxylic acids is 1. The molecule has 1 N–H and O–H groups in total. The van der Waals surface area contributed by atoms with Crippen LogP contribution in [-0.4, -0.2) is 31.3 Å². The monoisotopic (exact) mass is 299 g/mol. The molecule has 0 aromatic heterocycles. The van der Waals surface area contributed by atoms with E-state index in [1.165, 1.54) is 12.1 Å². The summed E-state index contributed by atoms with van der Waals surface area (Å²) in [4.78, 5) is 11.3. The molecule has 0 amide bonds. The molecule has 1 aliphatic heterocycles. The zero-order valence-electron chi connectivity index (χ0n) is 11.9. The molecule has 0 saturated carbocycles. The van der Waals surface area contributed by atoms with Crippen molar-refractivity contribution >= 4 is 5.97 Å². The van der Waals surface area contributed by atoms with Gasteiger partial charge >= 0.3 is 5.97 Å². The summed E-state index contributed by atoms with van der Waals surface area (Å²) >= 11 is 0. The third kappa shape index (κ3) is 4.67. The Bertz CT molecular complexity index is 496. The second-order valence-corrected chi connectivity index (χ2v) is 5.00. The Kier molecular flexibility index (Phi) is 5.50. The second-order valence-electron chi connectivity index (χ2n) is 5.00. The van der Waals surface area contributed by atoms with Gasteiger partial charge in [-0.25, -0.2) is 8.78 Å². The highest BCUT2D eigenvalue weighted by Crippen LogP contribution is 2.22. The van der Waals surface area contributed by atoms with Gasteiger partial charge < -0.3 is 14.8 Å². The van der Waals surface area contributed by atoms with Crippen LogP contribution in [0.3, 0.4) is 0 Å². The van der Waals surface area contributed by atoms with Gasteiger partial charge in [0, 0.05) is 31.5 Å². The van der Waals surface area contributed by atoms with E-state index in [0.29, 0.717) is 32.4 Å². The number of ether oxygens (including phenoxy) is 2. The number of benzene rings is 1. The van der Waals surface area contributed by atoms with E-state index in [4.69, 9.17) is 9.47 Å². The van der Waals surface area contributed by atoms with Crippen molar-refractivity contribution in [3.8, 4) is 5.75 Å². The van der Waals surface area contributed by atoms with E-state index >= 15 is 0 Å². The van der Waals surface area contributed by atoms with Gasteiger partial charge in [0.1, 0.15) is 11.9 Å². The summed E-state index contributed by atoms with van der Waals surface area (Å²) in [6, 6.07) is 3.40. The molecule has 0 radical (unpaired) electrons. The molecule has 6 heteroatoms. The Balaban J connectivity index is 1.78. The quantitative estimate of drug-likeness (QED) is 0.820. The first-order chi connectivity index (χ1) is 10.1. The van der Waals surface area contributed by atoms with Gasteiger partial charge in [0.2, 0.25) is 0 Å². The average molecular weight is 299 g/mol. The van der Waals surface area contributed by atoms with Crippen LogP contribution in [0.4, 0.5) is 8.78 Å². The topological polar surface area (TPSA) is 47.6 Å². The molecule has 2 atom stereocenters. The van der Waals surface area contributed by atoms with Crippen LogP contribution in [0.1, 0.15) is 26.2 Å². The number of carbonyl (C=O) groups is 1. The second kappa shape index (κ2) is 7.36. The molecule has 1 aliphatic rings. The predicted molar refractivity (Wildman–Crippen MR) is 73.0 cm³/mol. The Hall–Kier alpha value is -1.69. The van der Waals surface area contributed by atoms with Crippen LogP contribution in [0.25, 0.3) is 0 Å². The maximum atomic E-state index is 13.5. The standard InChI is InChI=1S/C15H19F2NO3/c1-2-20-15(19)6-4-11-8-12(9-18-11)21-14-5-3-10(16)7-13(14)17/h3,5,7,11-12,18H,2,4,6,8-9H2,1H3/t11-,12-/m1/s1. The molecule has 0 aliphatic carbocycles. The highest BCUT2D eigenvalue weighted by molar-refractivity contribution is 5.69. The maximum Gasteiger partial charge on any atom is 0.305 e. The van der Waals surface area contributed by atoms with Crippen LogP contribution >= 0.6 is 0 Å². The third-order valence-electron chi connectivity index (χ3n) is 3.37. The van der Waals surface area contributed by atoms with Crippen LogP contribution in [0, 0.1) is 11.6 Å². The smallest absolute Gasteiger partial charge is 0.305 e. The van der Waals surface area contributed by atoms with Crippen molar-refractivity contribution in [3.05, 3.63) is 29.8 Å². The maximum absolute atomic E-state index is 13.5. The molecule has 1 heterocycles. The van der Waals surface area contributed by atoms with E-state index in [-0.39, 0.29) is 23.9 Å². The first kappa shape index (κ1) is 15.7. The minimum absolute atomic E-state index is 0.0502. The molecule has 116 valence electrons. The van der Waals surface area contributed by atoms with Gasteiger partial charge in [0.25, 0.3) is 0 Å². The van der Waals surface area contributed by atoms with E-state index in [9.17, 15) is 13.6 Å². The Morgan fingerprint density at radius 3 is 2.95 bits per heavy atom. The SMILES string of the molecule is CCOC(=O)CC[C@@H]1C[C@@H](Oc2ccc(F)cc2F)CN1. The van der Waals surface area contributed by atoms with Crippen molar-refractivity contribution in [3.63, 3.8) is 0 Å². The molecular formula is C15H19F2NO3. The first-order valence-corrected chi connectivity index (χ1v) is 7.09. The Morgan fingerprint density at radius 1 is 1.43 bits per heavy atom. The van der Waals surface area contributed by atoms with Crippen molar-refractivity contribution in [2.75, 3.05) is 13.2 Å². The number of hydrogen-bond acceptors (Lipinski definition) is 4. The van der Waals surface area contributed by atoms with Crippen molar-refractivity contribution in [1.29, 1.82) is 0 Å². The van der Waals surface area contributed by atoms with Gasteiger partial charge in [-0.05, 0) is 25.5 Å². The molecule has 1 aromatic carbocycles. The van der Waals surface area contributed by atoms with E-state index < -0.39 is 11.6 Å². The summed E-state index contributed by atoms with van der Waals surface area (Å²) in [5.74, 6) is -1.50. The molecule has 1 fully saturated rings. The van der Waals surface area contributed by atoms with Crippen molar-refractivity contribution in [2.45, 2.75) is 38.3 Å². The van der Waals surface area contributed by atoms with Gasteiger partial charge in [-0.3, -0.25) is 4.79 Å². The van der Waals surface area contributed by atoms with Crippen LogP contribution in [0.5, 0.6) is 5.75 Å². The Labute approximate surface area is 122 Å². The lowest BCUT2D eigenvalue weighted by molar-refractivity contribution is -0.143. The van der Waals surface area contributed by atoms with Crippen LogP contribution in [0.2, 0.25) is 0 Å². The summed E-state index contributed by atoms with van der Waals surface area (Å²) in [7, 11) is 0. The van der Waals surface area contributed by atoms with E-state index in [1.807, 2.05) is 0 Å². The molecule has 0 unspecified atom stereocenters. The van der Waals surface area contributed by atoms with Crippen LogP contribution < -0.4 is 10.1 Å². The minimum Gasteiger partial charge on any atom is -0.486 e. The highest BCUT2D eigenvalue weighted by Gasteiger charge is 2.26. The lowest BCUT2D eigenvalue weighted by Crippen LogP contribution is -2.23. The molecule has 1 aromatic rings. The fourth-order valence-corrected chi connectivity index (χ4v) is 2.37. The summed E-state index contributed by atoms with van der Waals surface area (Å²) < 4.78 is 36.7. The van der Waals surface area contributed by atoms with Gasteiger partial charge in [0.15, 0.2) is 11.6 Å².